The van der Waals surface area contributed by atoms with E-state index in [1.807, 2.05) is 0 Å². The lowest BCUT2D eigenvalue weighted by molar-refractivity contribution is 0.277. The Balaban J connectivity index is 2.05. The Kier molecular flexibility index (Phi) is 2.83. The summed E-state index contributed by atoms with van der Waals surface area (Å²) in [6.07, 6.45) is 4.09. The second-order valence-electron chi connectivity index (χ2n) is 5.06. The Morgan fingerprint density at radius 2 is 2.24 bits per heavy atom. The van der Waals surface area contributed by atoms with E-state index in [0.717, 1.165) is 23.8 Å². The van der Waals surface area contributed by atoms with Crippen molar-refractivity contribution in [2.24, 2.45) is 5.92 Å². The van der Waals surface area contributed by atoms with E-state index in [0.29, 0.717) is 5.88 Å². The van der Waals surface area contributed by atoms with Crippen LogP contribution in [0.2, 0.25) is 0 Å². The summed E-state index contributed by atoms with van der Waals surface area (Å²) in [4.78, 5) is 4.63. The quantitative estimate of drug-likeness (QED) is 0.754. The summed E-state index contributed by atoms with van der Waals surface area (Å²) >= 11 is 6.00. The van der Waals surface area contributed by atoms with Crippen LogP contribution in [0.5, 0.6) is 0 Å². The van der Waals surface area contributed by atoms with Crippen molar-refractivity contribution in [2.75, 3.05) is 0 Å². The minimum absolute atomic E-state index is 0.500. The van der Waals surface area contributed by atoms with Gasteiger partial charge in [-0.2, -0.15) is 0 Å². The Bertz CT molecular complexity index is 540. The van der Waals surface area contributed by atoms with Crippen molar-refractivity contribution in [3.63, 3.8) is 0 Å². The first kappa shape index (κ1) is 11.1. The lowest BCUT2D eigenvalue weighted by atomic mass is 9.85. The van der Waals surface area contributed by atoms with Gasteiger partial charge in [0, 0.05) is 6.54 Å². The second kappa shape index (κ2) is 4.34. The van der Waals surface area contributed by atoms with E-state index in [2.05, 4.69) is 34.7 Å². The van der Waals surface area contributed by atoms with Crippen molar-refractivity contribution in [3.05, 3.63) is 29.6 Å². The zero-order valence-corrected chi connectivity index (χ0v) is 10.9. The SMILES string of the molecule is Cc1ccc2c(c1)nc(CCl)n2CC1CCC1. The number of benzene rings is 1. The number of hydrogen-bond donors (Lipinski definition) is 0. The Morgan fingerprint density at radius 1 is 1.41 bits per heavy atom. The third-order valence-electron chi connectivity index (χ3n) is 3.77. The summed E-state index contributed by atoms with van der Waals surface area (Å²) in [5.41, 5.74) is 3.57. The molecule has 0 bridgehead atoms. The lowest BCUT2D eigenvalue weighted by Crippen LogP contribution is -2.19. The fourth-order valence-electron chi connectivity index (χ4n) is 2.53. The van der Waals surface area contributed by atoms with E-state index in [1.54, 1.807) is 0 Å². The van der Waals surface area contributed by atoms with Gasteiger partial charge in [0.25, 0.3) is 0 Å². The highest BCUT2D eigenvalue weighted by Crippen LogP contribution is 2.30. The standard InChI is InChI=1S/C14H17ClN2/c1-10-5-6-13-12(7-10)16-14(8-15)17(13)9-11-3-2-4-11/h5-7,11H,2-4,8-9H2,1H3. The lowest BCUT2D eigenvalue weighted by Gasteiger charge is -2.26. The van der Waals surface area contributed by atoms with Gasteiger partial charge in [0.15, 0.2) is 0 Å². The summed E-state index contributed by atoms with van der Waals surface area (Å²) in [5, 5.41) is 0. The zero-order chi connectivity index (χ0) is 11.8. The third kappa shape index (κ3) is 1.95. The van der Waals surface area contributed by atoms with Crippen molar-refractivity contribution >= 4 is 22.6 Å². The van der Waals surface area contributed by atoms with E-state index in [1.165, 1.54) is 30.3 Å². The van der Waals surface area contributed by atoms with Gasteiger partial charge in [-0.05, 0) is 43.4 Å². The van der Waals surface area contributed by atoms with E-state index < -0.39 is 0 Å². The maximum absolute atomic E-state index is 6.00. The topological polar surface area (TPSA) is 17.8 Å². The predicted octanol–water partition coefficient (Wildman–Crippen LogP) is 3.88. The maximum atomic E-state index is 6.00. The van der Waals surface area contributed by atoms with E-state index in [4.69, 9.17) is 11.6 Å². The molecule has 1 saturated carbocycles. The largest absolute Gasteiger partial charge is 0.327 e. The molecule has 1 aliphatic rings. The third-order valence-corrected chi connectivity index (χ3v) is 4.01. The van der Waals surface area contributed by atoms with Gasteiger partial charge in [0.2, 0.25) is 0 Å². The van der Waals surface area contributed by atoms with Crippen LogP contribution in [0.4, 0.5) is 0 Å². The average Bonchev–Trinajstić information content (AvgIpc) is 2.60. The summed E-state index contributed by atoms with van der Waals surface area (Å²) in [6, 6.07) is 6.47. The van der Waals surface area contributed by atoms with Crippen LogP contribution in [-0.2, 0) is 12.4 Å². The van der Waals surface area contributed by atoms with Crippen LogP contribution in [0.1, 0.15) is 30.7 Å². The monoisotopic (exact) mass is 248 g/mol. The van der Waals surface area contributed by atoms with E-state index in [9.17, 15) is 0 Å². The number of hydrogen-bond acceptors (Lipinski definition) is 1. The zero-order valence-electron chi connectivity index (χ0n) is 10.1. The number of halogens is 1. The Labute approximate surface area is 107 Å². The van der Waals surface area contributed by atoms with Crippen LogP contribution in [0.25, 0.3) is 11.0 Å². The molecular formula is C14H17ClN2. The first-order chi connectivity index (χ1) is 8.28. The molecule has 3 heteroatoms. The minimum atomic E-state index is 0.500. The molecule has 2 nitrogen and oxygen atoms in total. The highest BCUT2D eigenvalue weighted by Gasteiger charge is 2.20. The molecule has 17 heavy (non-hydrogen) atoms. The molecule has 3 rings (SSSR count). The molecule has 1 fully saturated rings. The molecule has 0 spiro atoms. The van der Waals surface area contributed by atoms with Gasteiger partial charge in [-0.25, -0.2) is 4.98 Å². The normalized spacial score (nSPS) is 16.4. The number of aromatic nitrogens is 2. The molecule has 0 unspecified atom stereocenters. The maximum Gasteiger partial charge on any atom is 0.124 e. The first-order valence-electron chi connectivity index (χ1n) is 6.29. The summed E-state index contributed by atoms with van der Waals surface area (Å²) in [7, 11) is 0. The molecule has 2 aromatic rings. The Hall–Kier alpha value is -1.02. The van der Waals surface area contributed by atoms with Crippen molar-refractivity contribution in [1.82, 2.24) is 9.55 Å². The van der Waals surface area contributed by atoms with Gasteiger partial charge in [-0.3, -0.25) is 0 Å². The van der Waals surface area contributed by atoms with Gasteiger partial charge in [-0.1, -0.05) is 12.5 Å². The van der Waals surface area contributed by atoms with Crippen LogP contribution in [0, 0.1) is 12.8 Å². The van der Waals surface area contributed by atoms with Crippen molar-refractivity contribution in [1.29, 1.82) is 0 Å². The molecule has 0 radical (unpaired) electrons. The van der Waals surface area contributed by atoms with Crippen LogP contribution in [0.3, 0.4) is 0 Å². The number of fused-ring (bicyclic) bond motifs is 1. The van der Waals surface area contributed by atoms with Crippen molar-refractivity contribution in [2.45, 2.75) is 38.6 Å². The summed E-state index contributed by atoms with van der Waals surface area (Å²) in [5.74, 6) is 2.34. The van der Waals surface area contributed by atoms with Crippen LogP contribution < -0.4 is 0 Å². The highest BCUT2D eigenvalue weighted by molar-refractivity contribution is 6.16. The molecule has 1 aliphatic carbocycles. The fraction of sp³-hybridized carbons (Fsp3) is 0.500. The number of imidazole rings is 1. The molecule has 1 heterocycles. The summed E-state index contributed by atoms with van der Waals surface area (Å²) in [6.45, 7) is 3.19. The molecule has 90 valence electrons. The number of alkyl halides is 1. The number of rotatable bonds is 3. The van der Waals surface area contributed by atoms with Crippen LogP contribution in [0.15, 0.2) is 18.2 Å². The van der Waals surface area contributed by atoms with Gasteiger partial charge < -0.3 is 4.57 Å². The summed E-state index contributed by atoms with van der Waals surface area (Å²) < 4.78 is 2.31. The van der Waals surface area contributed by atoms with Gasteiger partial charge in [0.1, 0.15) is 5.82 Å². The number of nitrogens with zero attached hydrogens (tertiary/aromatic N) is 2. The van der Waals surface area contributed by atoms with Crippen LogP contribution >= 0.6 is 11.6 Å². The molecule has 0 aliphatic heterocycles. The van der Waals surface area contributed by atoms with Crippen molar-refractivity contribution < 1.29 is 0 Å². The van der Waals surface area contributed by atoms with Gasteiger partial charge in [-0.15, -0.1) is 11.6 Å². The molecule has 0 N–H and O–H groups in total. The second-order valence-corrected chi connectivity index (χ2v) is 5.33. The minimum Gasteiger partial charge on any atom is -0.327 e. The Morgan fingerprint density at radius 3 is 2.88 bits per heavy atom. The van der Waals surface area contributed by atoms with E-state index in [-0.39, 0.29) is 0 Å². The molecule has 1 aromatic carbocycles. The molecular weight excluding hydrogens is 232 g/mol. The van der Waals surface area contributed by atoms with E-state index >= 15 is 0 Å². The fourth-order valence-corrected chi connectivity index (χ4v) is 2.73. The van der Waals surface area contributed by atoms with Crippen LogP contribution in [-0.4, -0.2) is 9.55 Å². The van der Waals surface area contributed by atoms with Gasteiger partial charge >= 0.3 is 0 Å². The first-order valence-corrected chi connectivity index (χ1v) is 6.83. The molecule has 0 saturated heterocycles. The average molecular weight is 249 g/mol. The number of aryl methyl sites for hydroxylation is 1. The van der Waals surface area contributed by atoms with Gasteiger partial charge in [0.05, 0.1) is 16.9 Å². The predicted molar refractivity (Wildman–Crippen MR) is 71.4 cm³/mol. The molecule has 1 aromatic heterocycles. The highest BCUT2D eigenvalue weighted by atomic mass is 35.5. The molecule has 0 atom stereocenters. The molecule has 0 amide bonds. The smallest absolute Gasteiger partial charge is 0.124 e. The van der Waals surface area contributed by atoms with Crippen molar-refractivity contribution in [3.8, 4) is 0 Å².